The summed E-state index contributed by atoms with van der Waals surface area (Å²) >= 11 is 9.40. The minimum absolute atomic E-state index is 0.129. The van der Waals surface area contributed by atoms with E-state index in [1.165, 1.54) is 4.68 Å². The number of aromatic nitrogens is 2. The van der Waals surface area contributed by atoms with E-state index in [4.69, 9.17) is 16.3 Å². The summed E-state index contributed by atoms with van der Waals surface area (Å²) in [4.78, 5) is 12.4. The Balaban J connectivity index is 2.13. The van der Waals surface area contributed by atoms with Crippen molar-refractivity contribution in [3.63, 3.8) is 0 Å². The number of rotatable bonds is 5. The third-order valence-electron chi connectivity index (χ3n) is 3.40. The first-order valence-electron chi connectivity index (χ1n) is 7.10. The molecule has 0 unspecified atom stereocenters. The lowest BCUT2D eigenvalue weighted by atomic mass is 10.1. The summed E-state index contributed by atoms with van der Waals surface area (Å²) in [6, 6.07) is 5.24. The number of carbonyl (C=O) groups is 1. The Bertz CT molecular complexity index is 768. The van der Waals surface area contributed by atoms with Crippen LogP contribution in [0.15, 0.2) is 34.8 Å². The monoisotopic (exact) mass is 396 g/mol. The fourth-order valence-electron chi connectivity index (χ4n) is 2.27. The van der Waals surface area contributed by atoms with Gasteiger partial charge in [0.25, 0.3) is 5.91 Å². The first kappa shape index (κ1) is 17.8. The highest BCUT2D eigenvalue weighted by atomic mass is 79.9. The normalized spacial score (nSPS) is 10.7. The third kappa shape index (κ3) is 4.24. The molecule has 2 rings (SSSR count). The van der Waals surface area contributed by atoms with Crippen LogP contribution in [0, 0.1) is 13.8 Å². The number of hydrogen-bond acceptors (Lipinski definition) is 3. The summed E-state index contributed by atoms with van der Waals surface area (Å²) in [5.74, 6) is 0.226. The maximum atomic E-state index is 12.4. The molecule has 0 spiro atoms. The average Bonchev–Trinajstić information content (AvgIpc) is 2.74. The molecule has 4 nitrogen and oxygen atoms in total. The Kier molecular flexibility index (Phi) is 5.65. The van der Waals surface area contributed by atoms with E-state index in [0.717, 1.165) is 27.0 Å². The Morgan fingerprint density at radius 3 is 2.74 bits per heavy atom. The van der Waals surface area contributed by atoms with Crippen LogP contribution in [0.1, 0.15) is 28.7 Å². The molecule has 0 amide bonds. The van der Waals surface area contributed by atoms with Gasteiger partial charge in [-0.2, -0.15) is 5.10 Å². The van der Waals surface area contributed by atoms with Crippen LogP contribution >= 0.6 is 27.5 Å². The van der Waals surface area contributed by atoms with Gasteiger partial charge in [0.1, 0.15) is 5.75 Å². The molecule has 0 saturated carbocycles. The van der Waals surface area contributed by atoms with Gasteiger partial charge >= 0.3 is 0 Å². The number of allylic oxidation sites excluding steroid dienone is 1. The summed E-state index contributed by atoms with van der Waals surface area (Å²) in [5, 5.41) is 4.77. The van der Waals surface area contributed by atoms with E-state index in [1.54, 1.807) is 18.2 Å². The Morgan fingerprint density at radius 1 is 1.43 bits per heavy atom. The van der Waals surface area contributed by atoms with Crippen LogP contribution in [-0.4, -0.2) is 22.3 Å². The number of hydrogen-bond donors (Lipinski definition) is 0. The maximum absolute atomic E-state index is 12.4. The first-order valence-corrected chi connectivity index (χ1v) is 8.27. The molecule has 0 N–H and O–H groups in total. The number of benzene rings is 1. The molecule has 122 valence electrons. The van der Waals surface area contributed by atoms with Crippen molar-refractivity contribution >= 4 is 33.4 Å². The lowest BCUT2D eigenvalue weighted by Gasteiger charge is -2.08. The second-order valence-electron chi connectivity index (χ2n) is 5.45. The molecule has 2 aromatic rings. The second kappa shape index (κ2) is 7.32. The number of aryl methyl sites for hydroxylation is 1. The molecule has 0 atom stereocenters. The highest BCUT2D eigenvalue weighted by Crippen LogP contribution is 2.27. The van der Waals surface area contributed by atoms with Gasteiger partial charge < -0.3 is 4.74 Å². The van der Waals surface area contributed by atoms with Crippen molar-refractivity contribution in [2.75, 3.05) is 6.61 Å². The molecule has 0 aliphatic rings. The van der Waals surface area contributed by atoms with Crippen molar-refractivity contribution in [1.82, 2.24) is 9.78 Å². The summed E-state index contributed by atoms with van der Waals surface area (Å²) in [6.45, 7) is 9.51. The van der Waals surface area contributed by atoms with Gasteiger partial charge in [-0.25, -0.2) is 4.68 Å². The highest BCUT2D eigenvalue weighted by molar-refractivity contribution is 9.10. The maximum Gasteiger partial charge on any atom is 0.284 e. The van der Waals surface area contributed by atoms with Crippen LogP contribution in [0.4, 0.5) is 0 Å². The van der Waals surface area contributed by atoms with Gasteiger partial charge in [-0.1, -0.05) is 39.7 Å². The van der Waals surface area contributed by atoms with Crippen molar-refractivity contribution in [1.29, 1.82) is 0 Å². The van der Waals surface area contributed by atoms with Crippen LogP contribution < -0.4 is 4.74 Å². The fraction of sp³-hybridized carbons (Fsp3) is 0.294. The molecule has 23 heavy (non-hydrogen) atoms. The van der Waals surface area contributed by atoms with Gasteiger partial charge in [0.15, 0.2) is 6.61 Å². The molecular weight excluding hydrogens is 380 g/mol. The van der Waals surface area contributed by atoms with E-state index in [2.05, 4.69) is 27.6 Å². The standard InChI is InChI=1S/C17H18BrClN2O2/c1-10(2)7-14-11(3)20-21(12(14)4)17(22)9-23-16-6-5-13(18)8-15(16)19/h5-6,8H,1,7,9H2,2-4H3. The summed E-state index contributed by atoms with van der Waals surface area (Å²) in [5.41, 5.74) is 3.72. The second-order valence-corrected chi connectivity index (χ2v) is 6.78. The van der Waals surface area contributed by atoms with Gasteiger partial charge in [-0.3, -0.25) is 4.79 Å². The van der Waals surface area contributed by atoms with Crippen molar-refractivity contribution in [2.45, 2.75) is 27.2 Å². The van der Waals surface area contributed by atoms with Crippen LogP contribution in [-0.2, 0) is 6.42 Å². The molecule has 1 aromatic carbocycles. The molecule has 6 heteroatoms. The van der Waals surface area contributed by atoms with E-state index in [1.807, 2.05) is 20.8 Å². The topological polar surface area (TPSA) is 44.1 Å². The van der Waals surface area contributed by atoms with Gasteiger partial charge in [-0.05, 0) is 45.4 Å². The van der Waals surface area contributed by atoms with Gasteiger partial charge in [0.2, 0.25) is 0 Å². The number of ether oxygens (including phenoxy) is 1. The molecule has 0 radical (unpaired) electrons. The molecule has 0 aliphatic carbocycles. The third-order valence-corrected chi connectivity index (χ3v) is 4.19. The fourth-order valence-corrected chi connectivity index (χ4v) is 3.00. The molecule has 1 aromatic heterocycles. The van der Waals surface area contributed by atoms with Crippen molar-refractivity contribution in [3.8, 4) is 5.75 Å². The van der Waals surface area contributed by atoms with Crippen molar-refractivity contribution < 1.29 is 9.53 Å². The Morgan fingerprint density at radius 2 is 2.13 bits per heavy atom. The summed E-state index contributed by atoms with van der Waals surface area (Å²) in [7, 11) is 0. The molecular formula is C17H18BrClN2O2. The van der Waals surface area contributed by atoms with Crippen molar-refractivity contribution in [2.24, 2.45) is 0 Å². The van der Waals surface area contributed by atoms with E-state index in [0.29, 0.717) is 17.2 Å². The van der Waals surface area contributed by atoms with E-state index < -0.39 is 0 Å². The molecule has 0 saturated heterocycles. The number of halogens is 2. The Hall–Kier alpha value is -1.59. The average molecular weight is 398 g/mol. The van der Waals surface area contributed by atoms with E-state index in [9.17, 15) is 4.79 Å². The minimum atomic E-state index is -0.238. The number of nitrogens with zero attached hydrogens (tertiary/aromatic N) is 2. The lowest BCUT2D eigenvalue weighted by molar-refractivity contribution is 0.0818. The van der Waals surface area contributed by atoms with Gasteiger partial charge in [-0.15, -0.1) is 0 Å². The van der Waals surface area contributed by atoms with E-state index in [-0.39, 0.29) is 12.5 Å². The summed E-state index contributed by atoms with van der Waals surface area (Å²) in [6.07, 6.45) is 0.713. The highest BCUT2D eigenvalue weighted by Gasteiger charge is 2.17. The van der Waals surface area contributed by atoms with Gasteiger partial charge in [0.05, 0.1) is 10.7 Å². The molecule has 0 aliphatic heterocycles. The largest absolute Gasteiger partial charge is 0.482 e. The predicted molar refractivity (Wildman–Crippen MR) is 95.5 cm³/mol. The smallest absolute Gasteiger partial charge is 0.284 e. The zero-order chi connectivity index (χ0) is 17.1. The SMILES string of the molecule is C=C(C)Cc1c(C)nn(C(=O)COc2ccc(Br)cc2Cl)c1C. The van der Waals surface area contributed by atoms with Crippen LogP contribution in [0.5, 0.6) is 5.75 Å². The zero-order valence-electron chi connectivity index (χ0n) is 13.3. The number of carbonyl (C=O) groups excluding carboxylic acids is 1. The summed E-state index contributed by atoms with van der Waals surface area (Å²) < 4.78 is 7.75. The molecule has 0 fully saturated rings. The predicted octanol–water partition coefficient (Wildman–Crippen LogP) is 4.75. The molecule has 1 heterocycles. The van der Waals surface area contributed by atoms with Crippen molar-refractivity contribution in [3.05, 3.63) is 56.8 Å². The minimum Gasteiger partial charge on any atom is -0.482 e. The van der Waals surface area contributed by atoms with Gasteiger partial charge in [0, 0.05) is 15.7 Å². The lowest BCUT2D eigenvalue weighted by Crippen LogP contribution is -2.22. The van der Waals surface area contributed by atoms with Crippen LogP contribution in [0.2, 0.25) is 5.02 Å². The van der Waals surface area contributed by atoms with Crippen LogP contribution in [0.3, 0.4) is 0 Å². The molecule has 0 bridgehead atoms. The zero-order valence-corrected chi connectivity index (χ0v) is 15.7. The van der Waals surface area contributed by atoms with E-state index >= 15 is 0 Å². The van der Waals surface area contributed by atoms with Crippen LogP contribution in [0.25, 0.3) is 0 Å². The quantitative estimate of drug-likeness (QED) is 0.684. The Labute approximate surface area is 149 Å². The first-order chi connectivity index (χ1) is 10.8.